The number of hydrogen-bond acceptors (Lipinski definition) is 5. The van der Waals surface area contributed by atoms with Crippen LogP contribution in [-0.4, -0.2) is 58.6 Å². The highest BCUT2D eigenvalue weighted by Gasteiger charge is 2.45. The lowest BCUT2D eigenvalue weighted by molar-refractivity contribution is -0.144. The molecule has 0 bridgehead atoms. The first kappa shape index (κ1) is 20.1. The van der Waals surface area contributed by atoms with Crippen molar-refractivity contribution in [3.8, 4) is 0 Å². The molecule has 0 unspecified atom stereocenters. The van der Waals surface area contributed by atoms with Crippen LogP contribution in [0.1, 0.15) is 25.8 Å². The van der Waals surface area contributed by atoms with Gasteiger partial charge in [0.2, 0.25) is 11.8 Å². The molecule has 1 atom stereocenters. The van der Waals surface area contributed by atoms with E-state index >= 15 is 0 Å². The SMILES string of the molecule is CCCNC(=O)[C@H](C)NC(=O)CN1C(=O)C(=O)N(Cc2ccccc2)C1=O. The minimum atomic E-state index is -1.06. The molecule has 1 aliphatic heterocycles. The average molecular weight is 374 g/mol. The van der Waals surface area contributed by atoms with Gasteiger partial charge >= 0.3 is 17.8 Å². The zero-order valence-corrected chi connectivity index (χ0v) is 15.2. The third kappa shape index (κ3) is 4.90. The minimum absolute atomic E-state index is 0.0573. The smallest absolute Gasteiger partial charge is 0.335 e. The van der Waals surface area contributed by atoms with Crippen LogP contribution in [0.5, 0.6) is 0 Å². The van der Waals surface area contributed by atoms with E-state index in [9.17, 15) is 24.0 Å². The van der Waals surface area contributed by atoms with Gasteiger partial charge in [-0.25, -0.2) is 9.69 Å². The maximum Gasteiger partial charge on any atom is 0.335 e. The van der Waals surface area contributed by atoms with Crippen LogP contribution in [0.25, 0.3) is 0 Å². The van der Waals surface area contributed by atoms with E-state index in [4.69, 9.17) is 0 Å². The van der Waals surface area contributed by atoms with Crippen LogP contribution in [0.3, 0.4) is 0 Å². The van der Waals surface area contributed by atoms with Gasteiger partial charge in [-0.05, 0) is 18.9 Å². The molecule has 0 saturated carbocycles. The van der Waals surface area contributed by atoms with Crippen molar-refractivity contribution in [2.24, 2.45) is 0 Å². The van der Waals surface area contributed by atoms with Crippen molar-refractivity contribution < 1.29 is 24.0 Å². The van der Waals surface area contributed by atoms with Crippen LogP contribution in [0.15, 0.2) is 30.3 Å². The quantitative estimate of drug-likeness (QED) is 0.491. The molecule has 1 aliphatic rings. The van der Waals surface area contributed by atoms with E-state index in [1.54, 1.807) is 30.3 Å². The van der Waals surface area contributed by atoms with Gasteiger partial charge in [0.05, 0.1) is 6.54 Å². The number of nitrogens with one attached hydrogen (secondary N) is 2. The number of nitrogens with zero attached hydrogens (tertiary/aromatic N) is 2. The van der Waals surface area contributed by atoms with Crippen molar-refractivity contribution in [2.75, 3.05) is 13.1 Å². The van der Waals surface area contributed by atoms with Gasteiger partial charge in [0, 0.05) is 6.54 Å². The zero-order chi connectivity index (χ0) is 20.0. The maximum absolute atomic E-state index is 12.4. The number of urea groups is 1. The monoisotopic (exact) mass is 374 g/mol. The number of benzene rings is 1. The topological polar surface area (TPSA) is 116 Å². The van der Waals surface area contributed by atoms with Gasteiger partial charge in [-0.2, -0.15) is 0 Å². The van der Waals surface area contributed by atoms with Crippen LogP contribution >= 0.6 is 0 Å². The molecule has 1 aromatic carbocycles. The van der Waals surface area contributed by atoms with E-state index < -0.39 is 36.3 Å². The molecule has 27 heavy (non-hydrogen) atoms. The molecule has 0 aromatic heterocycles. The summed E-state index contributed by atoms with van der Waals surface area (Å²) >= 11 is 0. The largest absolute Gasteiger partial charge is 0.354 e. The molecule has 144 valence electrons. The van der Waals surface area contributed by atoms with Crippen LogP contribution in [0, 0.1) is 0 Å². The Kier molecular flexibility index (Phi) is 6.64. The summed E-state index contributed by atoms with van der Waals surface area (Å²) in [4.78, 5) is 61.8. The second-order valence-electron chi connectivity index (χ2n) is 6.13. The van der Waals surface area contributed by atoms with Crippen molar-refractivity contribution in [2.45, 2.75) is 32.9 Å². The number of carbonyl (C=O) groups is 5. The lowest BCUT2D eigenvalue weighted by atomic mass is 10.2. The van der Waals surface area contributed by atoms with Crippen molar-refractivity contribution in [1.29, 1.82) is 0 Å². The molecule has 0 aliphatic carbocycles. The number of amides is 6. The fourth-order valence-corrected chi connectivity index (χ4v) is 2.49. The summed E-state index contributed by atoms with van der Waals surface area (Å²) in [6.45, 7) is 3.18. The fraction of sp³-hybridized carbons (Fsp3) is 0.389. The highest BCUT2D eigenvalue weighted by atomic mass is 16.2. The van der Waals surface area contributed by atoms with Gasteiger partial charge < -0.3 is 10.6 Å². The molecule has 1 saturated heterocycles. The van der Waals surface area contributed by atoms with Gasteiger partial charge in [0.1, 0.15) is 12.6 Å². The lowest BCUT2D eigenvalue weighted by Gasteiger charge is -2.17. The first-order valence-corrected chi connectivity index (χ1v) is 8.63. The lowest BCUT2D eigenvalue weighted by Crippen LogP contribution is -2.49. The number of imide groups is 2. The Morgan fingerprint density at radius 3 is 2.30 bits per heavy atom. The maximum atomic E-state index is 12.4. The number of hydrogen-bond donors (Lipinski definition) is 2. The highest BCUT2D eigenvalue weighted by Crippen LogP contribution is 2.15. The molecule has 2 N–H and O–H groups in total. The second kappa shape index (κ2) is 8.93. The molecule has 1 aromatic rings. The molecule has 2 rings (SSSR count). The van der Waals surface area contributed by atoms with E-state index in [1.807, 2.05) is 6.92 Å². The fourth-order valence-electron chi connectivity index (χ4n) is 2.49. The molecule has 9 nitrogen and oxygen atoms in total. The standard InChI is InChI=1S/C18H22N4O5/c1-3-9-19-15(24)12(2)20-14(23)11-22-17(26)16(25)21(18(22)27)10-13-7-5-4-6-8-13/h4-8,12H,3,9-11H2,1-2H3,(H,19,24)(H,20,23)/t12-/m0/s1. The normalized spacial score (nSPS) is 15.1. The van der Waals surface area contributed by atoms with Crippen molar-refractivity contribution in [1.82, 2.24) is 20.4 Å². The first-order valence-electron chi connectivity index (χ1n) is 8.63. The van der Waals surface area contributed by atoms with Gasteiger partial charge in [-0.3, -0.25) is 24.1 Å². The Morgan fingerprint density at radius 1 is 1.04 bits per heavy atom. The molecular formula is C18H22N4O5. The second-order valence-corrected chi connectivity index (χ2v) is 6.13. The Hall–Kier alpha value is -3.23. The third-order valence-corrected chi connectivity index (χ3v) is 3.94. The Balaban J connectivity index is 1.96. The van der Waals surface area contributed by atoms with Gasteiger partial charge in [-0.1, -0.05) is 37.3 Å². The van der Waals surface area contributed by atoms with Crippen LogP contribution in [-0.2, 0) is 25.7 Å². The van der Waals surface area contributed by atoms with E-state index in [1.165, 1.54) is 6.92 Å². The van der Waals surface area contributed by atoms with Crippen molar-refractivity contribution >= 4 is 29.7 Å². The summed E-state index contributed by atoms with van der Waals surface area (Å²) in [7, 11) is 0. The summed E-state index contributed by atoms with van der Waals surface area (Å²) in [5.74, 6) is -3.11. The van der Waals surface area contributed by atoms with Crippen LogP contribution < -0.4 is 10.6 Å². The molecule has 9 heteroatoms. The molecule has 1 fully saturated rings. The molecule has 6 amide bonds. The van der Waals surface area contributed by atoms with Gasteiger partial charge in [-0.15, -0.1) is 0 Å². The summed E-state index contributed by atoms with van der Waals surface area (Å²) in [6, 6.07) is 7.04. The van der Waals surface area contributed by atoms with E-state index in [2.05, 4.69) is 10.6 Å². The van der Waals surface area contributed by atoms with E-state index in [0.717, 1.165) is 11.3 Å². The predicted octanol–water partition coefficient (Wildman–Crippen LogP) is 0.00830. The van der Waals surface area contributed by atoms with Crippen LogP contribution in [0.2, 0.25) is 0 Å². The van der Waals surface area contributed by atoms with Gasteiger partial charge in [0.25, 0.3) is 0 Å². The summed E-state index contributed by atoms with van der Waals surface area (Å²) in [5.41, 5.74) is 0.680. The Morgan fingerprint density at radius 2 is 1.67 bits per heavy atom. The minimum Gasteiger partial charge on any atom is -0.354 e. The Bertz CT molecular complexity index is 749. The van der Waals surface area contributed by atoms with Gasteiger partial charge in [0.15, 0.2) is 0 Å². The van der Waals surface area contributed by atoms with E-state index in [0.29, 0.717) is 17.0 Å². The zero-order valence-electron chi connectivity index (χ0n) is 15.2. The first-order chi connectivity index (χ1) is 12.8. The van der Waals surface area contributed by atoms with Crippen LogP contribution in [0.4, 0.5) is 4.79 Å². The van der Waals surface area contributed by atoms with E-state index in [-0.39, 0.29) is 12.5 Å². The molecular weight excluding hydrogens is 352 g/mol. The summed E-state index contributed by atoms with van der Waals surface area (Å²) in [5, 5.41) is 5.04. The Labute approximate surface area is 156 Å². The molecule has 0 radical (unpaired) electrons. The van der Waals surface area contributed by atoms with Crippen molar-refractivity contribution in [3.05, 3.63) is 35.9 Å². The average Bonchev–Trinajstić information content (AvgIpc) is 2.85. The van der Waals surface area contributed by atoms with Crippen molar-refractivity contribution in [3.63, 3.8) is 0 Å². The molecule has 0 spiro atoms. The number of carbonyl (C=O) groups excluding carboxylic acids is 5. The molecule has 1 heterocycles. The third-order valence-electron chi connectivity index (χ3n) is 3.94. The summed E-state index contributed by atoms with van der Waals surface area (Å²) < 4.78 is 0. The highest BCUT2D eigenvalue weighted by molar-refractivity contribution is 6.44. The summed E-state index contributed by atoms with van der Waals surface area (Å²) in [6.07, 6.45) is 0.753. The predicted molar refractivity (Wildman–Crippen MR) is 95.0 cm³/mol. The number of rotatable bonds is 8.